The van der Waals surface area contributed by atoms with Crippen molar-refractivity contribution in [2.75, 3.05) is 13.1 Å². The van der Waals surface area contributed by atoms with Crippen LogP contribution in [0.25, 0.3) is 16.7 Å². The Labute approximate surface area is 158 Å². The lowest BCUT2D eigenvalue weighted by Gasteiger charge is -2.36. The third kappa shape index (κ3) is 2.76. The number of carbonyl (C=O) groups excluding carboxylic acids is 1. The van der Waals surface area contributed by atoms with Crippen LogP contribution in [-0.2, 0) is 0 Å². The number of furan rings is 1. The van der Waals surface area contributed by atoms with Crippen molar-refractivity contribution >= 4 is 17.2 Å². The Kier molecular flexibility index (Phi) is 3.68. The molecular formula is C18H15N5O3S. The van der Waals surface area contributed by atoms with Gasteiger partial charge in [-0.05, 0) is 31.2 Å². The number of likely N-dealkylation sites (tertiary alicyclic amines) is 1. The van der Waals surface area contributed by atoms with Crippen LogP contribution in [0.3, 0.4) is 0 Å². The fraction of sp³-hybridized carbons (Fsp3) is 0.222. The summed E-state index contributed by atoms with van der Waals surface area (Å²) in [6.45, 7) is 2.96. The second-order valence-electron chi connectivity index (χ2n) is 6.34. The van der Waals surface area contributed by atoms with Gasteiger partial charge in [0.15, 0.2) is 10.9 Å². The average molecular weight is 381 g/mol. The summed E-state index contributed by atoms with van der Waals surface area (Å²) in [7, 11) is 0. The molecule has 136 valence electrons. The second-order valence-corrected chi connectivity index (χ2v) is 7.32. The summed E-state index contributed by atoms with van der Waals surface area (Å²) in [4.78, 5) is 24.1. The number of hydrogen-bond acceptors (Lipinski definition) is 7. The van der Waals surface area contributed by atoms with E-state index in [1.807, 2.05) is 36.0 Å². The average Bonchev–Trinajstić information content (AvgIpc) is 3.39. The van der Waals surface area contributed by atoms with Crippen molar-refractivity contribution in [3.8, 4) is 16.7 Å². The van der Waals surface area contributed by atoms with Gasteiger partial charge in [-0.2, -0.15) is 4.98 Å². The summed E-state index contributed by atoms with van der Waals surface area (Å²) < 4.78 is 12.5. The number of amides is 1. The van der Waals surface area contributed by atoms with Crippen molar-refractivity contribution in [3.63, 3.8) is 0 Å². The molecule has 4 aromatic rings. The normalized spacial score (nSPS) is 14.5. The Morgan fingerprint density at radius 3 is 2.78 bits per heavy atom. The smallest absolute Gasteiger partial charge is 0.265 e. The van der Waals surface area contributed by atoms with Gasteiger partial charge in [-0.1, -0.05) is 16.5 Å². The first-order chi connectivity index (χ1) is 13.2. The molecule has 27 heavy (non-hydrogen) atoms. The highest BCUT2D eigenvalue weighted by molar-refractivity contribution is 7.16. The highest BCUT2D eigenvalue weighted by Gasteiger charge is 2.37. The molecule has 1 amide bonds. The fourth-order valence-corrected chi connectivity index (χ4v) is 4.01. The molecule has 1 fully saturated rings. The van der Waals surface area contributed by atoms with Crippen LogP contribution in [0.2, 0.25) is 0 Å². The number of carbonyl (C=O) groups is 1. The molecule has 0 N–H and O–H groups in total. The summed E-state index contributed by atoms with van der Waals surface area (Å²) >= 11 is 1.40. The maximum Gasteiger partial charge on any atom is 0.265 e. The van der Waals surface area contributed by atoms with Gasteiger partial charge in [0.2, 0.25) is 11.7 Å². The van der Waals surface area contributed by atoms with Crippen LogP contribution in [0.15, 0.2) is 51.9 Å². The predicted molar refractivity (Wildman–Crippen MR) is 96.8 cm³/mol. The molecule has 0 saturated carbocycles. The molecule has 0 bridgehead atoms. The molecule has 0 spiro atoms. The van der Waals surface area contributed by atoms with Gasteiger partial charge in [0.05, 0.1) is 17.9 Å². The number of aromatic nitrogens is 4. The maximum absolute atomic E-state index is 12.8. The summed E-state index contributed by atoms with van der Waals surface area (Å²) in [5, 5.41) is 4.73. The van der Waals surface area contributed by atoms with E-state index in [0.717, 1.165) is 10.8 Å². The van der Waals surface area contributed by atoms with Gasteiger partial charge in [-0.15, -0.1) is 0 Å². The Bertz CT molecular complexity index is 1070. The second kappa shape index (κ2) is 6.20. The minimum atomic E-state index is -0.00886. The lowest BCUT2D eigenvalue weighted by molar-refractivity contribution is 0.0573. The molecule has 1 saturated heterocycles. The van der Waals surface area contributed by atoms with Gasteiger partial charge in [0.1, 0.15) is 4.88 Å². The van der Waals surface area contributed by atoms with E-state index in [1.54, 1.807) is 23.3 Å². The first-order valence-corrected chi connectivity index (χ1v) is 9.28. The van der Waals surface area contributed by atoms with Crippen molar-refractivity contribution in [3.05, 3.63) is 59.4 Å². The molecule has 5 heterocycles. The van der Waals surface area contributed by atoms with Crippen LogP contribution >= 0.6 is 11.3 Å². The molecule has 5 rings (SSSR count). The molecular weight excluding hydrogens is 366 g/mol. The zero-order valence-electron chi connectivity index (χ0n) is 14.4. The lowest BCUT2D eigenvalue weighted by atomic mass is 10.00. The fourth-order valence-electron chi connectivity index (χ4n) is 3.00. The largest absolute Gasteiger partial charge is 0.461 e. The third-order valence-electron chi connectivity index (χ3n) is 4.51. The molecule has 9 heteroatoms. The van der Waals surface area contributed by atoms with Crippen LogP contribution < -0.4 is 0 Å². The number of nitrogens with zero attached hydrogens (tertiary/aromatic N) is 5. The monoisotopic (exact) mass is 381 g/mol. The number of aryl methyl sites for hydroxylation is 1. The predicted octanol–water partition coefficient (Wildman–Crippen LogP) is 3.12. The Morgan fingerprint density at radius 2 is 2.04 bits per heavy atom. The highest BCUT2D eigenvalue weighted by atomic mass is 32.1. The van der Waals surface area contributed by atoms with E-state index < -0.39 is 0 Å². The molecule has 0 aromatic carbocycles. The first kappa shape index (κ1) is 16.0. The number of hydrogen-bond donors (Lipinski definition) is 0. The molecule has 1 aliphatic rings. The highest BCUT2D eigenvalue weighted by Crippen LogP contribution is 2.31. The lowest BCUT2D eigenvalue weighted by Crippen LogP contribution is -2.48. The van der Waals surface area contributed by atoms with Crippen molar-refractivity contribution in [2.45, 2.75) is 12.8 Å². The maximum atomic E-state index is 12.8. The SMILES string of the molecule is Cc1nc(-n2cccc2)sc1C(=O)N1CC(c2nc(-c3ccco3)no2)C1. The molecule has 0 atom stereocenters. The van der Waals surface area contributed by atoms with E-state index in [2.05, 4.69) is 15.1 Å². The van der Waals surface area contributed by atoms with Crippen molar-refractivity contribution in [1.29, 1.82) is 0 Å². The van der Waals surface area contributed by atoms with Crippen LogP contribution in [0.5, 0.6) is 0 Å². The zero-order chi connectivity index (χ0) is 18.4. The minimum Gasteiger partial charge on any atom is -0.461 e. The molecule has 0 unspecified atom stereocenters. The number of thiazole rings is 1. The standard InChI is InChI=1S/C18H15N5O3S/c1-11-14(27-18(19-11)22-6-2-3-7-22)17(24)23-9-12(10-23)16-20-15(21-26-16)13-5-4-8-25-13/h2-8,12H,9-10H2,1H3. The van der Waals surface area contributed by atoms with Crippen LogP contribution in [0.4, 0.5) is 0 Å². The van der Waals surface area contributed by atoms with Gasteiger partial charge in [-0.25, -0.2) is 4.98 Å². The summed E-state index contributed by atoms with van der Waals surface area (Å²) in [6, 6.07) is 7.41. The van der Waals surface area contributed by atoms with Crippen LogP contribution in [0.1, 0.15) is 27.2 Å². The topological polar surface area (TPSA) is 90.2 Å². The quantitative estimate of drug-likeness (QED) is 0.539. The van der Waals surface area contributed by atoms with Gasteiger partial charge in [0.25, 0.3) is 5.91 Å². The van der Waals surface area contributed by atoms with E-state index >= 15 is 0 Å². The molecule has 8 nitrogen and oxygen atoms in total. The Hall–Kier alpha value is -3.20. The van der Waals surface area contributed by atoms with Crippen LogP contribution in [0, 0.1) is 6.92 Å². The Morgan fingerprint density at radius 1 is 1.22 bits per heavy atom. The minimum absolute atomic E-state index is 0.00886. The van der Waals surface area contributed by atoms with Crippen LogP contribution in [-0.4, -0.2) is 43.6 Å². The van der Waals surface area contributed by atoms with Gasteiger partial charge < -0.3 is 18.4 Å². The van der Waals surface area contributed by atoms with Gasteiger partial charge >= 0.3 is 0 Å². The van der Waals surface area contributed by atoms with Crippen molar-refractivity contribution < 1.29 is 13.7 Å². The number of rotatable bonds is 4. The zero-order valence-corrected chi connectivity index (χ0v) is 15.2. The summed E-state index contributed by atoms with van der Waals surface area (Å²) in [5.41, 5.74) is 0.745. The Balaban J connectivity index is 1.28. The van der Waals surface area contributed by atoms with E-state index in [9.17, 15) is 4.79 Å². The molecule has 4 aromatic heterocycles. The molecule has 0 aliphatic carbocycles. The molecule has 0 radical (unpaired) electrons. The van der Waals surface area contributed by atoms with Crippen molar-refractivity contribution in [2.24, 2.45) is 0 Å². The first-order valence-electron chi connectivity index (χ1n) is 8.46. The van der Waals surface area contributed by atoms with Crippen molar-refractivity contribution in [1.82, 2.24) is 24.6 Å². The van der Waals surface area contributed by atoms with Gasteiger partial charge in [-0.3, -0.25) is 4.79 Å². The molecule has 1 aliphatic heterocycles. The summed E-state index contributed by atoms with van der Waals surface area (Å²) in [5.74, 6) is 1.55. The van der Waals surface area contributed by atoms with Gasteiger partial charge in [0, 0.05) is 25.5 Å². The van der Waals surface area contributed by atoms with E-state index in [4.69, 9.17) is 8.94 Å². The van der Waals surface area contributed by atoms with E-state index in [0.29, 0.717) is 35.4 Å². The summed E-state index contributed by atoms with van der Waals surface area (Å²) in [6.07, 6.45) is 5.39. The third-order valence-corrected chi connectivity index (χ3v) is 5.67. The van der Waals surface area contributed by atoms with E-state index in [-0.39, 0.29) is 11.8 Å². The van der Waals surface area contributed by atoms with E-state index in [1.165, 1.54) is 11.3 Å².